The highest BCUT2D eigenvalue weighted by Gasteiger charge is 2.17. The van der Waals surface area contributed by atoms with Crippen LogP contribution < -0.4 is 0 Å². The van der Waals surface area contributed by atoms with Crippen molar-refractivity contribution in [1.82, 2.24) is 4.90 Å². The Bertz CT molecular complexity index is 150. The first-order valence-corrected chi connectivity index (χ1v) is 4.99. The average Bonchev–Trinajstić information content (AvgIpc) is 2.55. The Kier molecular flexibility index (Phi) is 3.73. The molecule has 1 aliphatic heterocycles. The van der Waals surface area contributed by atoms with Crippen molar-refractivity contribution in [3.05, 3.63) is 0 Å². The second-order valence-electron chi connectivity index (χ2n) is 3.73. The number of likely N-dealkylation sites (tertiary alicyclic amines) is 1. The van der Waals surface area contributed by atoms with Crippen LogP contribution in [0, 0.1) is 5.92 Å². The number of carbonyl (C=O) groups excluding carboxylic acids is 1. The summed E-state index contributed by atoms with van der Waals surface area (Å²) in [4.78, 5) is 13.7. The van der Waals surface area contributed by atoms with E-state index in [1.165, 1.54) is 25.9 Å². The Morgan fingerprint density at radius 1 is 1.42 bits per heavy atom. The van der Waals surface area contributed by atoms with Crippen molar-refractivity contribution in [1.29, 1.82) is 0 Å². The lowest BCUT2D eigenvalue weighted by Crippen LogP contribution is -2.29. The molecule has 0 aromatic carbocycles. The lowest BCUT2D eigenvalue weighted by Gasteiger charge is -2.18. The molecule has 1 aliphatic rings. The van der Waals surface area contributed by atoms with E-state index in [9.17, 15) is 4.79 Å². The van der Waals surface area contributed by atoms with Gasteiger partial charge in [0.15, 0.2) is 0 Å². The fourth-order valence-electron chi connectivity index (χ4n) is 1.80. The van der Waals surface area contributed by atoms with Gasteiger partial charge in [-0.2, -0.15) is 0 Å². The Hall–Kier alpha value is -0.370. The van der Waals surface area contributed by atoms with Crippen LogP contribution in [0.15, 0.2) is 0 Å². The van der Waals surface area contributed by atoms with E-state index in [0.29, 0.717) is 12.2 Å². The van der Waals surface area contributed by atoms with Crippen LogP contribution in [0.5, 0.6) is 0 Å². The topological polar surface area (TPSA) is 20.3 Å². The summed E-state index contributed by atoms with van der Waals surface area (Å²) in [6, 6.07) is 0. The minimum atomic E-state index is 0.244. The third-order valence-corrected chi connectivity index (χ3v) is 2.63. The summed E-state index contributed by atoms with van der Waals surface area (Å²) < 4.78 is 0. The normalized spacial score (nSPS) is 21.2. The molecule has 1 saturated heterocycles. The van der Waals surface area contributed by atoms with E-state index in [0.717, 1.165) is 6.54 Å². The molecule has 12 heavy (non-hydrogen) atoms. The molecule has 1 rings (SSSR count). The lowest BCUT2D eigenvalue weighted by atomic mass is 10.0. The summed E-state index contributed by atoms with van der Waals surface area (Å²) in [5.41, 5.74) is 0. The maximum atomic E-state index is 11.3. The number of ketones is 1. The third kappa shape index (κ3) is 2.59. The fourth-order valence-corrected chi connectivity index (χ4v) is 1.80. The monoisotopic (exact) mass is 169 g/mol. The standard InChI is InChI=1S/C10H19NO/c1-3-10(12)9(2)8-11-6-4-5-7-11/h9H,3-8H2,1-2H3. The highest BCUT2D eigenvalue weighted by Crippen LogP contribution is 2.11. The van der Waals surface area contributed by atoms with Crippen LogP contribution in [-0.2, 0) is 4.79 Å². The first-order chi connectivity index (χ1) is 5.74. The fraction of sp³-hybridized carbons (Fsp3) is 0.900. The lowest BCUT2D eigenvalue weighted by molar-refractivity contribution is -0.122. The van der Waals surface area contributed by atoms with Gasteiger partial charge >= 0.3 is 0 Å². The average molecular weight is 169 g/mol. The molecule has 0 N–H and O–H groups in total. The summed E-state index contributed by atoms with van der Waals surface area (Å²) in [7, 11) is 0. The van der Waals surface area contributed by atoms with E-state index in [1.807, 2.05) is 13.8 Å². The number of rotatable bonds is 4. The minimum absolute atomic E-state index is 0.244. The molecule has 0 radical (unpaired) electrons. The molecule has 0 aliphatic carbocycles. The highest BCUT2D eigenvalue weighted by atomic mass is 16.1. The summed E-state index contributed by atoms with van der Waals surface area (Å²) >= 11 is 0. The summed E-state index contributed by atoms with van der Waals surface area (Å²) in [5, 5.41) is 0. The van der Waals surface area contributed by atoms with Crippen LogP contribution in [-0.4, -0.2) is 30.3 Å². The molecule has 0 amide bonds. The van der Waals surface area contributed by atoms with Crippen molar-refractivity contribution >= 4 is 5.78 Å². The SMILES string of the molecule is CCC(=O)C(C)CN1CCCC1. The van der Waals surface area contributed by atoms with Crippen LogP contribution in [0.25, 0.3) is 0 Å². The van der Waals surface area contributed by atoms with E-state index >= 15 is 0 Å². The number of hydrogen-bond donors (Lipinski definition) is 0. The van der Waals surface area contributed by atoms with Crippen molar-refractivity contribution in [2.24, 2.45) is 5.92 Å². The first kappa shape index (κ1) is 9.72. The van der Waals surface area contributed by atoms with Crippen molar-refractivity contribution in [2.45, 2.75) is 33.1 Å². The number of carbonyl (C=O) groups is 1. The van der Waals surface area contributed by atoms with Gasteiger partial charge in [0.05, 0.1) is 0 Å². The second kappa shape index (κ2) is 4.61. The predicted molar refractivity (Wildman–Crippen MR) is 50.1 cm³/mol. The number of nitrogens with zero attached hydrogens (tertiary/aromatic N) is 1. The molecular weight excluding hydrogens is 150 g/mol. The molecule has 0 spiro atoms. The Morgan fingerprint density at radius 3 is 2.50 bits per heavy atom. The van der Waals surface area contributed by atoms with Crippen LogP contribution in [0.4, 0.5) is 0 Å². The Balaban J connectivity index is 2.24. The molecule has 0 aromatic heterocycles. The van der Waals surface area contributed by atoms with Crippen LogP contribution in [0.2, 0.25) is 0 Å². The van der Waals surface area contributed by atoms with Crippen molar-refractivity contribution in [2.75, 3.05) is 19.6 Å². The van der Waals surface area contributed by atoms with E-state index in [-0.39, 0.29) is 5.92 Å². The van der Waals surface area contributed by atoms with Gasteiger partial charge in [-0.15, -0.1) is 0 Å². The van der Waals surface area contributed by atoms with Gasteiger partial charge in [-0.05, 0) is 25.9 Å². The van der Waals surface area contributed by atoms with E-state index in [1.54, 1.807) is 0 Å². The van der Waals surface area contributed by atoms with E-state index in [2.05, 4.69) is 4.90 Å². The molecule has 0 aromatic rings. The third-order valence-electron chi connectivity index (χ3n) is 2.63. The van der Waals surface area contributed by atoms with Gasteiger partial charge in [-0.1, -0.05) is 13.8 Å². The van der Waals surface area contributed by atoms with E-state index in [4.69, 9.17) is 0 Å². The van der Waals surface area contributed by atoms with Gasteiger partial charge < -0.3 is 4.90 Å². The van der Waals surface area contributed by atoms with Gasteiger partial charge in [0.2, 0.25) is 0 Å². The molecule has 0 saturated carbocycles. The van der Waals surface area contributed by atoms with Crippen molar-refractivity contribution < 1.29 is 4.79 Å². The van der Waals surface area contributed by atoms with Gasteiger partial charge in [0.1, 0.15) is 5.78 Å². The van der Waals surface area contributed by atoms with E-state index < -0.39 is 0 Å². The molecule has 1 unspecified atom stereocenters. The van der Waals surface area contributed by atoms with Gasteiger partial charge in [-0.25, -0.2) is 0 Å². The Labute approximate surface area is 74.9 Å². The number of hydrogen-bond acceptors (Lipinski definition) is 2. The minimum Gasteiger partial charge on any atom is -0.303 e. The highest BCUT2D eigenvalue weighted by molar-refractivity contribution is 5.80. The molecule has 2 heteroatoms. The molecular formula is C10H19NO. The van der Waals surface area contributed by atoms with Gasteiger partial charge in [-0.3, -0.25) is 4.79 Å². The van der Waals surface area contributed by atoms with Crippen LogP contribution in [0.1, 0.15) is 33.1 Å². The molecule has 2 nitrogen and oxygen atoms in total. The van der Waals surface area contributed by atoms with Crippen molar-refractivity contribution in [3.8, 4) is 0 Å². The Morgan fingerprint density at radius 2 is 2.00 bits per heavy atom. The molecule has 1 heterocycles. The molecule has 1 atom stereocenters. The maximum Gasteiger partial charge on any atom is 0.136 e. The number of Topliss-reactive ketones (excluding diaryl/α,β-unsaturated/α-hetero) is 1. The zero-order valence-electron chi connectivity index (χ0n) is 8.18. The van der Waals surface area contributed by atoms with Gasteiger partial charge in [0.25, 0.3) is 0 Å². The van der Waals surface area contributed by atoms with Gasteiger partial charge in [0, 0.05) is 18.9 Å². The zero-order valence-corrected chi connectivity index (χ0v) is 8.18. The molecule has 0 bridgehead atoms. The molecule has 1 fully saturated rings. The summed E-state index contributed by atoms with van der Waals surface area (Å²) in [5.74, 6) is 0.648. The molecule has 70 valence electrons. The smallest absolute Gasteiger partial charge is 0.136 e. The largest absolute Gasteiger partial charge is 0.303 e. The predicted octanol–water partition coefficient (Wildman–Crippen LogP) is 1.70. The maximum absolute atomic E-state index is 11.3. The second-order valence-corrected chi connectivity index (χ2v) is 3.73. The quantitative estimate of drug-likeness (QED) is 0.638. The summed E-state index contributed by atoms with van der Waals surface area (Å²) in [6.07, 6.45) is 3.31. The van der Waals surface area contributed by atoms with Crippen LogP contribution >= 0.6 is 0 Å². The van der Waals surface area contributed by atoms with Crippen LogP contribution in [0.3, 0.4) is 0 Å². The first-order valence-electron chi connectivity index (χ1n) is 4.99. The van der Waals surface area contributed by atoms with Crippen molar-refractivity contribution in [3.63, 3.8) is 0 Å². The zero-order chi connectivity index (χ0) is 8.97. The summed E-state index contributed by atoms with van der Waals surface area (Å²) in [6.45, 7) is 7.36.